The maximum Gasteiger partial charge on any atom is 0.0537 e. The van der Waals surface area contributed by atoms with Crippen molar-refractivity contribution in [2.75, 3.05) is 13.2 Å². The van der Waals surface area contributed by atoms with Crippen molar-refractivity contribution in [2.24, 2.45) is 11.7 Å². The third-order valence-electron chi connectivity index (χ3n) is 2.65. The lowest BCUT2D eigenvalue weighted by molar-refractivity contribution is 0.181. The molecule has 14 heavy (non-hydrogen) atoms. The Bertz CT molecular complexity index is 289. The summed E-state index contributed by atoms with van der Waals surface area (Å²) in [5.41, 5.74) is 6.86. The van der Waals surface area contributed by atoms with Gasteiger partial charge in [-0.25, -0.2) is 0 Å². The van der Waals surface area contributed by atoms with Gasteiger partial charge in [0.1, 0.15) is 0 Å². The average Bonchev–Trinajstić information content (AvgIpc) is 2.75. The van der Waals surface area contributed by atoms with Crippen molar-refractivity contribution in [3.8, 4) is 0 Å². The predicted molar refractivity (Wildman–Crippen MR) is 53.8 cm³/mol. The lowest BCUT2D eigenvalue weighted by atomic mass is 10.1. The third-order valence-corrected chi connectivity index (χ3v) is 2.65. The molecule has 1 aromatic heterocycles. The van der Waals surface area contributed by atoms with Gasteiger partial charge in [-0.15, -0.1) is 0 Å². The number of rotatable bonds is 3. The van der Waals surface area contributed by atoms with Gasteiger partial charge >= 0.3 is 0 Å². The van der Waals surface area contributed by atoms with E-state index in [9.17, 15) is 0 Å². The van der Waals surface area contributed by atoms with Crippen molar-refractivity contribution in [3.05, 3.63) is 18.0 Å². The van der Waals surface area contributed by atoms with E-state index in [-0.39, 0.29) is 6.04 Å². The molecular weight excluding hydrogens is 178 g/mol. The van der Waals surface area contributed by atoms with Crippen LogP contribution in [0.4, 0.5) is 0 Å². The highest BCUT2D eigenvalue weighted by Crippen LogP contribution is 2.15. The molecule has 78 valence electrons. The highest BCUT2D eigenvalue weighted by atomic mass is 16.5. The molecule has 1 saturated heterocycles. The maximum absolute atomic E-state index is 5.76. The van der Waals surface area contributed by atoms with Crippen molar-refractivity contribution in [1.82, 2.24) is 9.78 Å². The summed E-state index contributed by atoms with van der Waals surface area (Å²) >= 11 is 0. The van der Waals surface area contributed by atoms with Gasteiger partial charge in [0, 0.05) is 36.9 Å². The molecule has 0 unspecified atom stereocenters. The summed E-state index contributed by atoms with van der Waals surface area (Å²) in [7, 11) is 0. The van der Waals surface area contributed by atoms with E-state index < -0.39 is 0 Å². The van der Waals surface area contributed by atoms with E-state index in [1.54, 1.807) is 0 Å². The lowest BCUT2D eigenvalue weighted by Crippen LogP contribution is -2.11. The van der Waals surface area contributed by atoms with Crippen LogP contribution in [0.15, 0.2) is 12.4 Å². The van der Waals surface area contributed by atoms with Crippen LogP contribution in [0.25, 0.3) is 0 Å². The Balaban J connectivity index is 1.95. The van der Waals surface area contributed by atoms with Crippen molar-refractivity contribution < 1.29 is 4.74 Å². The Morgan fingerprint density at radius 2 is 2.64 bits per heavy atom. The van der Waals surface area contributed by atoms with Crippen LogP contribution >= 0.6 is 0 Å². The number of nitrogens with two attached hydrogens (primary N) is 1. The molecular formula is C10H17N3O. The standard InChI is InChI=1S/C10H17N3O/c1-8(11)10-4-12-13(6-10)5-9-2-3-14-7-9/h4,6,8-9H,2-3,5,7,11H2,1H3/t8-,9-/m1/s1. The second-order valence-electron chi connectivity index (χ2n) is 4.01. The number of nitrogens with zero attached hydrogens (tertiary/aromatic N) is 2. The monoisotopic (exact) mass is 195 g/mol. The van der Waals surface area contributed by atoms with E-state index in [0.29, 0.717) is 5.92 Å². The van der Waals surface area contributed by atoms with Gasteiger partial charge in [-0.2, -0.15) is 5.10 Å². The van der Waals surface area contributed by atoms with Crippen LogP contribution in [0, 0.1) is 5.92 Å². The first-order chi connectivity index (χ1) is 6.75. The fraction of sp³-hybridized carbons (Fsp3) is 0.700. The first-order valence-electron chi connectivity index (χ1n) is 5.11. The first-order valence-corrected chi connectivity index (χ1v) is 5.11. The zero-order valence-corrected chi connectivity index (χ0v) is 8.52. The van der Waals surface area contributed by atoms with Crippen LogP contribution in [0.1, 0.15) is 24.9 Å². The normalized spacial score (nSPS) is 24.0. The highest BCUT2D eigenvalue weighted by molar-refractivity contribution is 5.08. The number of hydrogen-bond acceptors (Lipinski definition) is 3. The molecule has 4 heteroatoms. The van der Waals surface area contributed by atoms with E-state index in [1.807, 2.05) is 24.0 Å². The summed E-state index contributed by atoms with van der Waals surface area (Å²) in [6, 6.07) is 0.0728. The fourth-order valence-electron chi connectivity index (χ4n) is 1.71. The Morgan fingerprint density at radius 1 is 1.79 bits per heavy atom. The van der Waals surface area contributed by atoms with Gasteiger partial charge in [-0.1, -0.05) is 0 Å². The quantitative estimate of drug-likeness (QED) is 0.781. The summed E-state index contributed by atoms with van der Waals surface area (Å²) in [4.78, 5) is 0. The minimum Gasteiger partial charge on any atom is -0.381 e. The molecule has 0 bridgehead atoms. The predicted octanol–water partition coefficient (Wildman–Crippen LogP) is 0.939. The van der Waals surface area contributed by atoms with Crippen molar-refractivity contribution in [1.29, 1.82) is 0 Å². The Morgan fingerprint density at radius 3 is 3.21 bits per heavy atom. The lowest BCUT2D eigenvalue weighted by Gasteiger charge is -2.06. The van der Waals surface area contributed by atoms with Crippen LogP contribution in [0.5, 0.6) is 0 Å². The van der Waals surface area contributed by atoms with Crippen LogP contribution in [-0.2, 0) is 11.3 Å². The molecule has 2 atom stereocenters. The van der Waals surface area contributed by atoms with Gasteiger partial charge in [0.25, 0.3) is 0 Å². The molecule has 4 nitrogen and oxygen atoms in total. The zero-order valence-electron chi connectivity index (χ0n) is 8.52. The summed E-state index contributed by atoms with van der Waals surface area (Å²) in [5.74, 6) is 0.621. The van der Waals surface area contributed by atoms with E-state index in [2.05, 4.69) is 5.10 Å². The van der Waals surface area contributed by atoms with Crippen LogP contribution in [-0.4, -0.2) is 23.0 Å². The molecule has 0 amide bonds. The fourth-order valence-corrected chi connectivity index (χ4v) is 1.71. The first kappa shape index (κ1) is 9.68. The summed E-state index contributed by atoms with van der Waals surface area (Å²) in [6.45, 7) is 4.69. The Labute approximate surface area is 84.0 Å². The summed E-state index contributed by atoms with van der Waals surface area (Å²) < 4.78 is 7.29. The molecule has 1 fully saturated rings. The molecule has 0 aliphatic carbocycles. The molecule has 1 aromatic rings. The van der Waals surface area contributed by atoms with Gasteiger partial charge in [-0.05, 0) is 13.3 Å². The second-order valence-corrected chi connectivity index (χ2v) is 4.01. The summed E-state index contributed by atoms with van der Waals surface area (Å²) in [6.07, 6.45) is 5.02. The smallest absolute Gasteiger partial charge is 0.0537 e. The molecule has 2 N–H and O–H groups in total. The Hall–Kier alpha value is -0.870. The topological polar surface area (TPSA) is 53.1 Å². The minimum absolute atomic E-state index is 0.0728. The van der Waals surface area contributed by atoms with E-state index in [1.165, 1.54) is 0 Å². The molecule has 0 spiro atoms. The zero-order chi connectivity index (χ0) is 9.97. The molecule has 0 aromatic carbocycles. The van der Waals surface area contributed by atoms with Crippen LogP contribution < -0.4 is 5.73 Å². The van der Waals surface area contributed by atoms with E-state index in [0.717, 1.165) is 31.7 Å². The number of hydrogen-bond donors (Lipinski definition) is 1. The third kappa shape index (κ3) is 2.13. The molecule has 2 rings (SSSR count). The van der Waals surface area contributed by atoms with Crippen molar-refractivity contribution >= 4 is 0 Å². The van der Waals surface area contributed by atoms with Gasteiger partial charge in [-0.3, -0.25) is 4.68 Å². The minimum atomic E-state index is 0.0728. The van der Waals surface area contributed by atoms with Crippen LogP contribution in [0.3, 0.4) is 0 Å². The Kier molecular flexibility index (Phi) is 2.84. The van der Waals surface area contributed by atoms with Gasteiger partial charge in [0.15, 0.2) is 0 Å². The molecule has 1 aliphatic rings. The van der Waals surface area contributed by atoms with Gasteiger partial charge in [0.05, 0.1) is 12.8 Å². The highest BCUT2D eigenvalue weighted by Gasteiger charge is 2.16. The van der Waals surface area contributed by atoms with E-state index >= 15 is 0 Å². The number of aromatic nitrogens is 2. The molecule has 2 heterocycles. The molecule has 1 aliphatic heterocycles. The molecule has 0 saturated carbocycles. The second kappa shape index (κ2) is 4.11. The van der Waals surface area contributed by atoms with Gasteiger partial charge in [0.2, 0.25) is 0 Å². The van der Waals surface area contributed by atoms with Crippen LogP contribution in [0.2, 0.25) is 0 Å². The maximum atomic E-state index is 5.76. The number of ether oxygens (including phenoxy) is 1. The van der Waals surface area contributed by atoms with Gasteiger partial charge < -0.3 is 10.5 Å². The van der Waals surface area contributed by atoms with Crippen molar-refractivity contribution in [2.45, 2.75) is 25.9 Å². The average molecular weight is 195 g/mol. The SMILES string of the molecule is C[C@@H](N)c1cnn(C[C@H]2CCOC2)c1. The largest absolute Gasteiger partial charge is 0.381 e. The van der Waals surface area contributed by atoms with Crippen molar-refractivity contribution in [3.63, 3.8) is 0 Å². The molecule has 0 radical (unpaired) electrons. The van der Waals surface area contributed by atoms with E-state index in [4.69, 9.17) is 10.5 Å². The summed E-state index contributed by atoms with van der Waals surface area (Å²) in [5, 5.41) is 4.28.